The Labute approximate surface area is 67.6 Å². The molecule has 0 bridgehead atoms. The molecule has 0 aromatic rings. The maximum absolute atomic E-state index is 10.5. The van der Waals surface area contributed by atoms with Crippen molar-refractivity contribution < 1.29 is 9.90 Å². The molecular formula is C8H17NO2. The van der Waals surface area contributed by atoms with E-state index in [2.05, 4.69) is 6.92 Å². The highest BCUT2D eigenvalue weighted by Crippen LogP contribution is 2.11. The molecule has 0 aliphatic heterocycles. The number of hydrogen-bond donors (Lipinski definition) is 2. The lowest BCUT2D eigenvalue weighted by atomic mass is 9.96. The fourth-order valence-electron chi connectivity index (χ4n) is 0.849. The van der Waals surface area contributed by atoms with Crippen molar-refractivity contribution in [1.82, 2.24) is 0 Å². The molecular weight excluding hydrogens is 142 g/mol. The van der Waals surface area contributed by atoms with E-state index in [4.69, 9.17) is 10.8 Å². The zero-order chi connectivity index (χ0) is 8.91. The highest BCUT2D eigenvalue weighted by molar-refractivity contribution is 5.77. The maximum atomic E-state index is 10.5. The molecule has 0 fully saturated rings. The van der Waals surface area contributed by atoms with Crippen LogP contribution in [0, 0.1) is 0 Å². The van der Waals surface area contributed by atoms with Gasteiger partial charge in [0.25, 0.3) is 0 Å². The van der Waals surface area contributed by atoms with Crippen molar-refractivity contribution in [1.29, 1.82) is 0 Å². The van der Waals surface area contributed by atoms with Crippen LogP contribution in [0.4, 0.5) is 0 Å². The van der Waals surface area contributed by atoms with Gasteiger partial charge in [-0.2, -0.15) is 0 Å². The molecule has 11 heavy (non-hydrogen) atoms. The van der Waals surface area contributed by atoms with E-state index in [0.717, 1.165) is 19.3 Å². The van der Waals surface area contributed by atoms with Gasteiger partial charge in [-0.1, -0.05) is 26.2 Å². The molecule has 66 valence electrons. The van der Waals surface area contributed by atoms with E-state index in [-0.39, 0.29) is 0 Å². The summed E-state index contributed by atoms with van der Waals surface area (Å²) in [5.41, 5.74) is 4.47. The summed E-state index contributed by atoms with van der Waals surface area (Å²) in [6, 6.07) is 0. The van der Waals surface area contributed by atoms with E-state index in [1.807, 2.05) is 0 Å². The number of carbonyl (C=O) groups is 1. The Kier molecular flexibility index (Phi) is 4.11. The summed E-state index contributed by atoms with van der Waals surface area (Å²) in [4.78, 5) is 10.5. The molecule has 1 atom stereocenters. The van der Waals surface area contributed by atoms with E-state index in [9.17, 15) is 4.79 Å². The molecule has 0 aliphatic carbocycles. The van der Waals surface area contributed by atoms with Crippen LogP contribution >= 0.6 is 0 Å². The molecule has 3 heteroatoms. The van der Waals surface area contributed by atoms with Crippen molar-refractivity contribution in [3.63, 3.8) is 0 Å². The van der Waals surface area contributed by atoms with E-state index in [0.29, 0.717) is 6.42 Å². The summed E-state index contributed by atoms with van der Waals surface area (Å²) in [6.45, 7) is 3.64. The summed E-state index contributed by atoms with van der Waals surface area (Å²) < 4.78 is 0. The fourth-order valence-corrected chi connectivity index (χ4v) is 0.849. The summed E-state index contributed by atoms with van der Waals surface area (Å²) >= 11 is 0. The van der Waals surface area contributed by atoms with Gasteiger partial charge in [0.2, 0.25) is 0 Å². The van der Waals surface area contributed by atoms with Crippen LogP contribution in [0.1, 0.15) is 39.5 Å². The van der Waals surface area contributed by atoms with Gasteiger partial charge in [-0.3, -0.25) is 4.79 Å². The molecule has 0 amide bonds. The predicted octanol–water partition coefficient (Wildman–Crippen LogP) is 1.37. The van der Waals surface area contributed by atoms with E-state index < -0.39 is 11.5 Å². The van der Waals surface area contributed by atoms with Crippen LogP contribution in [0.3, 0.4) is 0 Å². The Morgan fingerprint density at radius 1 is 1.55 bits per heavy atom. The van der Waals surface area contributed by atoms with Gasteiger partial charge in [-0.25, -0.2) is 0 Å². The third-order valence-corrected chi connectivity index (χ3v) is 1.79. The topological polar surface area (TPSA) is 63.3 Å². The third-order valence-electron chi connectivity index (χ3n) is 1.79. The van der Waals surface area contributed by atoms with Crippen LogP contribution < -0.4 is 5.73 Å². The van der Waals surface area contributed by atoms with Gasteiger partial charge >= 0.3 is 5.97 Å². The highest BCUT2D eigenvalue weighted by atomic mass is 16.4. The number of nitrogens with two attached hydrogens (primary N) is 1. The lowest BCUT2D eigenvalue weighted by Crippen LogP contribution is -2.44. The first kappa shape index (κ1) is 10.4. The van der Waals surface area contributed by atoms with Crippen molar-refractivity contribution in [3.8, 4) is 0 Å². The van der Waals surface area contributed by atoms with Gasteiger partial charge in [0.1, 0.15) is 5.54 Å². The molecule has 0 aromatic carbocycles. The molecule has 0 saturated carbocycles. The van der Waals surface area contributed by atoms with E-state index >= 15 is 0 Å². The number of hydrogen-bond acceptors (Lipinski definition) is 2. The van der Waals surface area contributed by atoms with Gasteiger partial charge in [0.15, 0.2) is 0 Å². The van der Waals surface area contributed by atoms with Gasteiger partial charge in [0, 0.05) is 0 Å². The van der Waals surface area contributed by atoms with Crippen LogP contribution in [0.5, 0.6) is 0 Å². The molecule has 0 aromatic heterocycles. The Morgan fingerprint density at radius 3 is 2.45 bits per heavy atom. The van der Waals surface area contributed by atoms with Gasteiger partial charge in [0.05, 0.1) is 0 Å². The molecule has 0 saturated heterocycles. The molecule has 0 unspecified atom stereocenters. The van der Waals surface area contributed by atoms with Gasteiger partial charge in [-0.05, 0) is 13.3 Å². The van der Waals surface area contributed by atoms with Crippen LogP contribution in [0.2, 0.25) is 0 Å². The van der Waals surface area contributed by atoms with Crippen molar-refractivity contribution in [3.05, 3.63) is 0 Å². The van der Waals surface area contributed by atoms with Crippen molar-refractivity contribution >= 4 is 5.97 Å². The quantitative estimate of drug-likeness (QED) is 0.595. The van der Waals surface area contributed by atoms with E-state index in [1.165, 1.54) is 0 Å². The molecule has 0 aliphatic rings. The normalized spacial score (nSPS) is 15.9. The smallest absolute Gasteiger partial charge is 0.323 e. The Bertz CT molecular complexity index is 132. The fraction of sp³-hybridized carbons (Fsp3) is 0.875. The largest absolute Gasteiger partial charge is 0.480 e. The number of aliphatic carboxylic acids is 1. The Morgan fingerprint density at radius 2 is 2.09 bits per heavy atom. The maximum Gasteiger partial charge on any atom is 0.323 e. The zero-order valence-corrected chi connectivity index (χ0v) is 7.26. The van der Waals surface area contributed by atoms with Crippen LogP contribution in [0.25, 0.3) is 0 Å². The highest BCUT2D eigenvalue weighted by Gasteiger charge is 2.26. The zero-order valence-electron chi connectivity index (χ0n) is 7.26. The first-order valence-electron chi connectivity index (χ1n) is 4.03. The summed E-state index contributed by atoms with van der Waals surface area (Å²) in [7, 11) is 0. The first-order valence-corrected chi connectivity index (χ1v) is 4.03. The van der Waals surface area contributed by atoms with Crippen LogP contribution in [-0.2, 0) is 4.79 Å². The Balaban J connectivity index is 3.64. The van der Waals surface area contributed by atoms with E-state index in [1.54, 1.807) is 6.92 Å². The SMILES string of the molecule is CCCCC[C@](C)(N)C(=O)O. The summed E-state index contributed by atoms with van der Waals surface area (Å²) in [5, 5.41) is 8.62. The molecule has 3 nitrogen and oxygen atoms in total. The summed E-state index contributed by atoms with van der Waals surface area (Å²) in [5.74, 6) is -0.909. The molecule has 0 heterocycles. The lowest BCUT2D eigenvalue weighted by molar-refractivity contribution is -0.142. The van der Waals surface area contributed by atoms with Crippen LogP contribution in [-0.4, -0.2) is 16.6 Å². The minimum atomic E-state index is -1.03. The van der Waals surface area contributed by atoms with Crippen molar-refractivity contribution in [2.75, 3.05) is 0 Å². The van der Waals surface area contributed by atoms with Crippen molar-refractivity contribution in [2.45, 2.75) is 45.1 Å². The minimum absolute atomic E-state index is 0.566. The molecule has 0 radical (unpaired) electrons. The number of rotatable bonds is 5. The molecule has 0 rings (SSSR count). The minimum Gasteiger partial charge on any atom is -0.480 e. The lowest BCUT2D eigenvalue weighted by Gasteiger charge is -2.18. The number of unbranched alkanes of at least 4 members (excludes halogenated alkanes) is 2. The second-order valence-corrected chi connectivity index (χ2v) is 3.18. The number of carboxylic acid groups (broad SMARTS) is 1. The van der Waals surface area contributed by atoms with Gasteiger partial charge in [-0.15, -0.1) is 0 Å². The first-order chi connectivity index (χ1) is 5.00. The third kappa shape index (κ3) is 3.98. The summed E-state index contributed by atoms with van der Waals surface area (Å²) in [6.07, 6.45) is 3.61. The predicted molar refractivity (Wildman–Crippen MR) is 44.4 cm³/mol. The number of carboxylic acids is 1. The molecule has 3 N–H and O–H groups in total. The molecule has 0 spiro atoms. The average molecular weight is 159 g/mol. The second kappa shape index (κ2) is 4.34. The monoisotopic (exact) mass is 159 g/mol. The Hall–Kier alpha value is -0.570. The van der Waals surface area contributed by atoms with Crippen molar-refractivity contribution in [2.24, 2.45) is 5.73 Å². The van der Waals surface area contributed by atoms with Crippen LogP contribution in [0.15, 0.2) is 0 Å². The second-order valence-electron chi connectivity index (χ2n) is 3.18. The average Bonchev–Trinajstić information content (AvgIpc) is 1.88. The van der Waals surface area contributed by atoms with Gasteiger partial charge < -0.3 is 10.8 Å². The standard InChI is InChI=1S/C8H17NO2/c1-3-4-5-6-8(2,9)7(10)11/h3-6,9H2,1-2H3,(H,10,11)/t8-/m0/s1.